The van der Waals surface area contributed by atoms with Gasteiger partial charge in [0.1, 0.15) is 5.75 Å². The van der Waals surface area contributed by atoms with E-state index in [9.17, 15) is 4.79 Å². The topological polar surface area (TPSA) is 51.2 Å². The molecule has 0 aromatic heterocycles. The van der Waals surface area contributed by atoms with E-state index in [0.717, 1.165) is 37.3 Å². The summed E-state index contributed by atoms with van der Waals surface area (Å²) in [4.78, 5) is 17.5. The molecule has 1 amide bonds. The second kappa shape index (κ2) is 8.96. The maximum Gasteiger partial charge on any atom is 0.253 e. The molecule has 0 saturated carbocycles. The number of nitrogens with zero attached hydrogens (tertiary/aromatic N) is 2. The molecule has 1 aliphatic heterocycles. The summed E-state index contributed by atoms with van der Waals surface area (Å²) in [6.07, 6.45) is 0. The Hall–Kier alpha value is -2.73. The number of methoxy groups -OCH3 is 3. The van der Waals surface area contributed by atoms with Crippen molar-refractivity contribution in [3.8, 4) is 28.4 Å². The van der Waals surface area contributed by atoms with Crippen LogP contribution in [0.4, 0.5) is 0 Å². The van der Waals surface area contributed by atoms with Crippen molar-refractivity contribution < 1.29 is 19.0 Å². The zero-order chi connectivity index (χ0) is 21.9. The number of ether oxygens (including phenoxy) is 3. The fourth-order valence-corrected chi connectivity index (χ4v) is 3.84. The van der Waals surface area contributed by atoms with Gasteiger partial charge in [0.2, 0.25) is 0 Å². The number of hydrogen-bond donors (Lipinski definition) is 0. The van der Waals surface area contributed by atoms with E-state index < -0.39 is 0 Å². The van der Waals surface area contributed by atoms with Crippen molar-refractivity contribution in [1.82, 2.24) is 9.80 Å². The van der Waals surface area contributed by atoms with Crippen molar-refractivity contribution in [2.24, 2.45) is 0 Å². The van der Waals surface area contributed by atoms with Crippen LogP contribution in [0.2, 0.25) is 0 Å². The summed E-state index contributed by atoms with van der Waals surface area (Å²) >= 11 is 0. The lowest BCUT2D eigenvalue weighted by Gasteiger charge is -2.42. The first-order chi connectivity index (χ1) is 14.3. The highest BCUT2D eigenvalue weighted by atomic mass is 16.5. The van der Waals surface area contributed by atoms with Gasteiger partial charge in [-0.3, -0.25) is 9.69 Å². The van der Waals surface area contributed by atoms with Crippen molar-refractivity contribution in [2.75, 3.05) is 47.5 Å². The predicted molar refractivity (Wildman–Crippen MR) is 119 cm³/mol. The Balaban J connectivity index is 1.86. The number of benzene rings is 2. The third kappa shape index (κ3) is 4.54. The molecule has 0 spiro atoms. The first-order valence-corrected chi connectivity index (χ1v) is 10.2. The van der Waals surface area contributed by atoms with Gasteiger partial charge in [-0.05, 0) is 44.5 Å². The lowest BCUT2D eigenvalue weighted by atomic mass is 10.0. The molecule has 30 heavy (non-hydrogen) atoms. The maximum absolute atomic E-state index is 13.1. The van der Waals surface area contributed by atoms with Crippen LogP contribution in [-0.4, -0.2) is 68.8 Å². The van der Waals surface area contributed by atoms with E-state index in [1.165, 1.54) is 0 Å². The van der Waals surface area contributed by atoms with Crippen molar-refractivity contribution in [2.45, 2.75) is 26.3 Å². The van der Waals surface area contributed by atoms with Crippen LogP contribution >= 0.6 is 0 Å². The Morgan fingerprint density at radius 2 is 1.43 bits per heavy atom. The second-order valence-corrected chi connectivity index (χ2v) is 8.44. The molecule has 6 nitrogen and oxygen atoms in total. The molecule has 1 aliphatic rings. The van der Waals surface area contributed by atoms with Crippen molar-refractivity contribution in [3.63, 3.8) is 0 Å². The molecule has 0 aliphatic carbocycles. The molecule has 2 aromatic carbocycles. The number of carbonyl (C=O) groups excluding carboxylic acids is 1. The highest BCUT2D eigenvalue weighted by molar-refractivity contribution is 5.96. The second-order valence-electron chi connectivity index (χ2n) is 8.44. The van der Waals surface area contributed by atoms with Gasteiger partial charge in [0, 0.05) is 48.9 Å². The van der Waals surface area contributed by atoms with Gasteiger partial charge in [0.05, 0.1) is 21.3 Å². The molecule has 1 heterocycles. The van der Waals surface area contributed by atoms with Crippen LogP contribution in [0, 0.1) is 0 Å². The Kier molecular flexibility index (Phi) is 6.56. The minimum absolute atomic E-state index is 0.0600. The minimum Gasteiger partial charge on any atom is -0.496 e. The number of amides is 1. The standard InChI is InChI=1S/C24H32N2O4/c1-24(2,3)26-12-10-25(11-13-26)23(27)18-9-7-8-17(14-18)19-15-21(29-5)22(30-6)16-20(19)28-4/h7-9,14-16H,10-13H2,1-6H3. The van der Waals surface area contributed by atoms with Crippen molar-refractivity contribution >= 4 is 5.91 Å². The van der Waals surface area contributed by atoms with Crippen LogP contribution in [-0.2, 0) is 0 Å². The molecular weight excluding hydrogens is 380 g/mol. The fraction of sp³-hybridized carbons (Fsp3) is 0.458. The Bertz CT molecular complexity index is 897. The maximum atomic E-state index is 13.1. The first kappa shape index (κ1) is 22.0. The fourth-order valence-electron chi connectivity index (χ4n) is 3.84. The van der Waals surface area contributed by atoms with Gasteiger partial charge in [0.25, 0.3) is 5.91 Å². The first-order valence-electron chi connectivity index (χ1n) is 10.2. The molecule has 0 radical (unpaired) electrons. The molecule has 0 N–H and O–H groups in total. The lowest BCUT2D eigenvalue weighted by molar-refractivity contribution is 0.0451. The third-order valence-corrected chi connectivity index (χ3v) is 5.64. The number of piperazine rings is 1. The minimum atomic E-state index is 0.0600. The number of rotatable bonds is 5. The zero-order valence-corrected chi connectivity index (χ0v) is 18.8. The molecule has 2 aromatic rings. The normalized spacial score (nSPS) is 15.1. The van der Waals surface area contributed by atoms with E-state index in [-0.39, 0.29) is 11.4 Å². The lowest BCUT2D eigenvalue weighted by Crippen LogP contribution is -2.54. The monoisotopic (exact) mass is 412 g/mol. The summed E-state index contributed by atoms with van der Waals surface area (Å²) in [5, 5.41) is 0. The van der Waals surface area contributed by atoms with Gasteiger partial charge < -0.3 is 19.1 Å². The van der Waals surface area contributed by atoms with Gasteiger partial charge in [-0.25, -0.2) is 0 Å². The van der Waals surface area contributed by atoms with Gasteiger partial charge in [0.15, 0.2) is 11.5 Å². The van der Waals surface area contributed by atoms with Crippen LogP contribution in [0.5, 0.6) is 17.2 Å². The summed E-state index contributed by atoms with van der Waals surface area (Å²) in [5.74, 6) is 1.94. The summed E-state index contributed by atoms with van der Waals surface area (Å²) in [7, 11) is 4.81. The van der Waals surface area contributed by atoms with Crippen LogP contribution in [0.3, 0.4) is 0 Å². The average Bonchev–Trinajstić information content (AvgIpc) is 2.77. The van der Waals surface area contributed by atoms with E-state index in [4.69, 9.17) is 14.2 Å². The Morgan fingerprint density at radius 3 is 2.00 bits per heavy atom. The van der Waals surface area contributed by atoms with E-state index >= 15 is 0 Å². The zero-order valence-electron chi connectivity index (χ0n) is 18.8. The molecule has 1 fully saturated rings. The van der Waals surface area contributed by atoms with E-state index in [1.54, 1.807) is 27.4 Å². The molecule has 162 valence electrons. The van der Waals surface area contributed by atoms with Gasteiger partial charge in [-0.2, -0.15) is 0 Å². The summed E-state index contributed by atoms with van der Waals surface area (Å²) in [6.45, 7) is 9.89. The summed E-state index contributed by atoms with van der Waals surface area (Å²) in [5.41, 5.74) is 2.54. The Morgan fingerprint density at radius 1 is 0.833 bits per heavy atom. The van der Waals surface area contributed by atoms with Gasteiger partial charge in [-0.1, -0.05) is 12.1 Å². The van der Waals surface area contributed by atoms with Crippen LogP contribution in [0.25, 0.3) is 11.1 Å². The SMILES string of the molecule is COc1cc(OC)c(-c2cccc(C(=O)N3CCN(C(C)(C)C)CC3)c2)cc1OC. The third-order valence-electron chi connectivity index (χ3n) is 5.64. The molecule has 6 heteroatoms. The van der Waals surface area contributed by atoms with Gasteiger partial charge in [-0.15, -0.1) is 0 Å². The van der Waals surface area contributed by atoms with Crippen LogP contribution in [0.1, 0.15) is 31.1 Å². The van der Waals surface area contributed by atoms with Gasteiger partial charge >= 0.3 is 0 Å². The highest BCUT2D eigenvalue weighted by Gasteiger charge is 2.28. The van der Waals surface area contributed by atoms with E-state index in [2.05, 4.69) is 25.7 Å². The largest absolute Gasteiger partial charge is 0.496 e. The molecule has 0 atom stereocenters. The summed E-state index contributed by atoms with van der Waals surface area (Å²) in [6, 6.07) is 11.3. The van der Waals surface area contributed by atoms with Crippen molar-refractivity contribution in [1.29, 1.82) is 0 Å². The van der Waals surface area contributed by atoms with Crippen molar-refractivity contribution in [3.05, 3.63) is 42.0 Å². The van der Waals surface area contributed by atoms with E-state index in [0.29, 0.717) is 22.8 Å². The summed E-state index contributed by atoms with van der Waals surface area (Å²) < 4.78 is 16.4. The van der Waals surface area contributed by atoms with Crippen LogP contribution in [0.15, 0.2) is 36.4 Å². The number of hydrogen-bond acceptors (Lipinski definition) is 5. The molecule has 0 unspecified atom stereocenters. The predicted octanol–water partition coefficient (Wildman–Crippen LogP) is 3.94. The average molecular weight is 413 g/mol. The van der Waals surface area contributed by atoms with Crippen LogP contribution < -0.4 is 14.2 Å². The quantitative estimate of drug-likeness (QED) is 0.745. The number of carbonyl (C=O) groups is 1. The smallest absolute Gasteiger partial charge is 0.253 e. The highest BCUT2D eigenvalue weighted by Crippen LogP contribution is 2.40. The molecule has 1 saturated heterocycles. The molecule has 0 bridgehead atoms. The molecular formula is C24H32N2O4. The Labute approximate surface area is 179 Å². The molecule has 3 rings (SSSR count). The van der Waals surface area contributed by atoms with E-state index in [1.807, 2.05) is 35.2 Å².